The molecule has 0 aliphatic carbocycles. The summed E-state index contributed by atoms with van der Waals surface area (Å²) < 4.78 is 13.7. The molecular weight excluding hydrogens is 285 g/mol. The zero-order chi connectivity index (χ0) is 14.0. The molecule has 1 heterocycles. The Morgan fingerprint density at radius 3 is 2.74 bits per heavy atom. The minimum Gasteiger partial charge on any atom is -0.336 e. The molecule has 0 aliphatic heterocycles. The van der Waals surface area contributed by atoms with Gasteiger partial charge in [-0.1, -0.05) is 17.7 Å². The van der Waals surface area contributed by atoms with Gasteiger partial charge in [0.2, 0.25) is 0 Å². The van der Waals surface area contributed by atoms with Gasteiger partial charge in [-0.05, 0) is 36.1 Å². The molecule has 2 nitrogen and oxygen atoms in total. The molecule has 100 valence electrons. The first-order valence-electron chi connectivity index (χ1n) is 5.73. The molecule has 1 amide bonds. The number of hydrogen-bond donors (Lipinski definition) is 0. The summed E-state index contributed by atoms with van der Waals surface area (Å²) in [4.78, 5) is 14.8. The number of benzene rings is 1. The third-order valence-electron chi connectivity index (χ3n) is 2.87. The first-order valence-corrected chi connectivity index (χ1v) is 6.99. The number of nitrogens with zero attached hydrogens (tertiary/aromatic N) is 1. The molecule has 0 radical (unpaired) electrons. The predicted octanol–water partition coefficient (Wildman–Crippen LogP) is 4.12. The topological polar surface area (TPSA) is 20.3 Å². The number of carbonyl (C=O) groups is 1. The van der Waals surface area contributed by atoms with E-state index in [2.05, 4.69) is 0 Å². The van der Waals surface area contributed by atoms with Crippen LogP contribution in [0.3, 0.4) is 0 Å². The van der Waals surface area contributed by atoms with Crippen LogP contribution in [0.5, 0.6) is 0 Å². The molecular formula is C14H13ClFNOS. The largest absolute Gasteiger partial charge is 0.336 e. The Bertz CT molecular complexity index is 591. The highest BCUT2D eigenvalue weighted by Crippen LogP contribution is 2.23. The van der Waals surface area contributed by atoms with Crippen molar-refractivity contribution in [2.75, 3.05) is 7.05 Å². The van der Waals surface area contributed by atoms with Gasteiger partial charge in [-0.15, -0.1) is 11.3 Å². The van der Waals surface area contributed by atoms with E-state index in [1.54, 1.807) is 18.4 Å². The lowest BCUT2D eigenvalue weighted by molar-refractivity contribution is 0.0782. The van der Waals surface area contributed by atoms with Gasteiger partial charge in [0, 0.05) is 11.9 Å². The van der Waals surface area contributed by atoms with E-state index in [1.807, 2.05) is 18.4 Å². The molecule has 19 heavy (non-hydrogen) atoms. The van der Waals surface area contributed by atoms with Gasteiger partial charge >= 0.3 is 0 Å². The number of thiophene rings is 1. The average Bonchev–Trinajstić information content (AvgIpc) is 2.74. The number of hydrogen-bond acceptors (Lipinski definition) is 2. The SMILES string of the molecule is Cc1ccsc1CN(C)C(=O)c1c(F)cccc1Cl. The number of rotatable bonds is 3. The van der Waals surface area contributed by atoms with Crippen LogP contribution in [-0.4, -0.2) is 17.9 Å². The minimum atomic E-state index is -0.591. The second kappa shape index (κ2) is 5.72. The fraction of sp³-hybridized carbons (Fsp3) is 0.214. The van der Waals surface area contributed by atoms with Crippen molar-refractivity contribution in [3.8, 4) is 0 Å². The molecule has 0 saturated carbocycles. The van der Waals surface area contributed by atoms with Crippen LogP contribution in [-0.2, 0) is 6.54 Å². The molecule has 0 spiro atoms. The van der Waals surface area contributed by atoms with E-state index < -0.39 is 11.7 Å². The number of amides is 1. The summed E-state index contributed by atoms with van der Waals surface area (Å²) in [5.41, 5.74) is 1.06. The molecule has 0 aliphatic rings. The lowest BCUT2D eigenvalue weighted by Gasteiger charge is -2.18. The monoisotopic (exact) mass is 297 g/mol. The normalized spacial score (nSPS) is 10.5. The Hall–Kier alpha value is -1.39. The molecule has 0 atom stereocenters. The van der Waals surface area contributed by atoms with E-state index in [0.717, 1.165) is 10.4 Å². The third kappa shape index (κ3) is 2.96. The van der Waals surface area contributed by atoms with Gasteiger partial charge in [-0.25, -0.2) is 4.39 Å². The van der Waals surface area contributed by atoms with Crippen molar-refractivity contribution in [1.29, 1.82) is 0 Å². The van der Waals surface area contributed by atoms with Gasteiger partial charge in [0.15, 0.2) is 0 Å². The quantitative estimate of drug-likeness (QED) is 0.834. The lowest BCUT2D eigenvalue weighted by Crippen LogP contribution is -2.27. The van der Waals surface area contributed by atoms with Crippen LogP contribution in [0.25, 0.3) is 0 Å². The van der Waals surface area contributed by atoms with Gasteiger partial charge in [-0.2, -0.15) is 0 Å². The number of carbonyl (C=O) groups excluding carboxylic acids is 1. The second-order valence-corrected chi connectivity index (χ2v) is 5.69. The van der Waals surface area contributed by atoms with Crippen molar-refractivity contribution in [3.63, 3.8) is 0 Å². The second-order valence-electron chi connectivity index (χ2n) is 4.28. The number of halogens is 2. The van der Waals surface area contributed by atoms with Crippen molar-refractivity contribution in [3.05, 3.63) is 56.5 Å². The van der Waals surface area contributed by atoms with E-state index in [1.165, 1.54) is 23.1 Å². The van der Waals surface area contributed by atoms with Gasteiger partial charge in [0.25, 0.3) is 5.91 Å². The van der Waals surface area contributed by atoms with Gasteiger partial charge < -0.3 is 4.90 Å². The van der Waals surface area contributed by atoms with E-state index in [9.17, 15) is 9.18 Å². The molecule has 5 heteroatoms. The van der Waals surface area contributed by atoms with Crippen molar-refractivity contribution >= 4 is 28.8 Å². The molecule has 2 rings (SSSR count). The minimum absolute atomic E-state index is 0.0686. The van der Waals surface area contributed by atoms with Crippen LogP contribution in [0.1, 0.15) is 20.8 Å². The zero-order valence-electron chi connectivity index (χ0n) is 10.6. The molecule has 2 aromatic rings. The van der Waals surface area contributed by atoms with Crippen LogP contribution in [0, 0.1) is 12.7 Å². The van der Waals surface area contributed by atoms with Crippen LogP contribution >= 0.6 is 22.9 Å². The van der Waals surface area contributed by atoms with Crippen molar-refractivity contribution < 1.29 is 9.18 Å². The fourth-order valence-electron chi connectivity index (χ4n) is 1.75. The summed E-state index contributed by atoms with van der Waals surface area (Å²) >= 11 is 7.47. The Morgan fingerprint density at radius 2 is 2.16 bits per heavy atom. The molecule has 0 N–H and O–H groups in total. The highest BCUT2D eigenvalue weighted by Gasteiger charge is 2.20. The lowest BCUT2D eigenvalue weighted by atomic mass is 10.2. The zero-order valence-corrected chi connectivity index (χ0v) is 12.2. The van der Waals surface area contributed by atoms with E-state index in [4.69, 9.17) is 11.6 Å². The molecule has 0 saturated heterocycles. The first-order chi connectivity index (χ1) is 9.00. The summed E-state index contributed by atoms with van der Waals surface area (Å²) in [5, 5.41) is 2.11. The summed E-state index contributed by atoms with van der Waals surface area (Å²) in [6.45, 7) is 2.44. The molecule has 1 aromatic carbocycles. The Labute approximate surface area is 120 Å². The molecule has 0 bridgehead atoms. The van der Waals surface area contributed by atoms with Gasteiger partial charge in [0.05, 0.1) is 17.1 Å². The summed E-state index contributed by atoms with van der Waals surface area (Å²) in [7, 11) is 1.64. The van der Waals surface area contributed by atoms with Crippen LogP contribution in [0.2, 0.25) is 5.02 Å². The van der Waals surface area contributed by atoms with E-state index >= 15 is 0 Å². The van der Waals surface area contributed by atoms with Gasteiger partial charge in [-0.3, -0.25) is 4.79 Å². The summed E-state index contributed by atoms with van der Waals surface area (Å²) in [6, 6.07) is 6.23. The third-order valence-corrected chi connectivity index (χ3v) is 4.19. The van der Waals surface area contributed by atoms with Crippen LogP contribution in [0.15, 0.2) is 29.6 Å². The van der Waals surface area contributed by atoms with Crippen molar-refractivity contribution in [2.45, 2.75) is 13.5 Å². The first kappa shape index (κ1) is 14.0. The van der Waals surface area contributed by atoms with E-state index in [0.29, 0.717) is 6.54 Å². The summed E-state index contributed by atoms with van der Waals surface area (Å²) in [6.07, 6.45) is 0. The highest BCUT2D eigenvalue weighted by molar-refractivity contribution is 7.10. The van der Waals surface area contributed by atoms with Gasteiger partial charge in [0.1, 0.15) is 5.82 Å². The maximum absolute atomic E-state index is 13.7. The predicted molar refractivity (Wildman–Crippen MR) is 76.3 cm³/mol. The standard InChI is InChI=1S/C14H13ClFNOS/c1-9-6-7-19-12(9)8-17(2)14(18)13-10(15)4-3-5-11(13)16/h3-7H,8H2,1-2H3. The maximum atomic E-state index is 13.7. The van der Waals surface area contributed by atoms with Crippen molar-refractivity contribution in [1.82, 2.24) is 4.90 Å². The fourth-order valence-corrected chi connectivity index (χ4v) is 2.95. The maximum Gasteiger partial charge on any atom is 0.258 e. The Balaban J connectivity index is 2.22. The molecule has 0 unspecified atom stereocenters. The number of aryl methyl sites for hydroxylation is 1. The van der Waals surface area contributed by atoms with Crippen LogP contribution in [0.4, 0.5) is 4.39 Å². The highest BCUT2D eigenvalue weighted by atomic mass is 35.5. The van der Waals surface area contributed by atoms with Crippen molar-refractivity contribution in [2.24, 2.45) is 0 Å². The Morgan fingerprint density at radius 1 is 1.42 bits per heavy atom. The molecule has 0 fully saturated rings. The molecule has 1 aromatic heterocycles. The van der Waals surface area contributed by atoms with E-state index in [-0.39, 0.29) is 10.6 Å². The van der Waals surface area contributed by atoms with Crippen LogP contribution < -0.4 is 0 Å². The average molecular weight is 298 g/mol. The Kier molecular flexibility index (Phi) is 4.22. The smallest absolute Gasteiger partial charge is 0.258 e. The summed E-state index contributed by atoms with van der Waals surface area (Å²) in [5.74, 6) is -0.997.